The summed E-state index contributed by atoms with van der Waals surface area (Å²) in [6.07, 6.45) is 4.21. The molecule has 4 heteroatoms. The van der Waals surface area contributed by atoms with Crippen LogP contribution in [-0.2, 0) is 0 Å². The van der Waals surface area contributed by atoms with Crippen molar-refractivity contribution in [1.29, 1.82) is 0 Å². The summed E-state index contributed by atoms with van der Waals surface area (Å²) in [5.41, 5.74) is 1.23. The zero-order chi connectivity index (χ0) is 11.9. The molecule has 1 aliphatic rings. The molecule has 1 aromatic heterocycles. The third-order valence-electron chi connectivity index (χ3n) is 3.59. The number of hydrogen-bond acceptors (Lipinski definition) is 1. The molecular formula is C12H18BrClN2. The smallest absolute Gasteiger partial charge is 0.0820 e. The van der Waals surface area contributed by atoms with Gasteiger partial charge in [-0.2, -0.15) is 5.10 Å². The third kappa shape index (κ3) is 2.04. The first-order valence-corrected chi connectivity index (χ1v) is 7.18. The first kappa shape index (κ1) is 12.4. The number of rotatable bonds is 2. The maximum absolute atomic E-state index is 6.28. The van der Waals surface area contributed by atoms with Crippen LogP contribution in [0.15, 0.2) is 6.20 Å². The van der Waals surface area contributed by atoms with Crippen molar-refractivity contribution in [2.45, 2.75) is 50.4 Å². The van der Waals surface area contributed by atoms with Gasteiger partial charge in [0.25, 0.3) is 0 Å². The van der Waals surface area contributed by atoms with Crippen LogP contribution in [0.5, 0.6) is 0 Å². The van der Waals surface area contributed by atoms with Gasteiger partial charge in [0.15, 0.2) is 0 Å². The number of nitrogens with zero attached hydrogens (tertiary/aromatic N) is 2. The van der Waals surface area contributed by atoms with Gasteiger partial charge in [-0.25, -0.2) is 0 Å². The fourth-order valence-electron chi connectivity index (χ4n) is 2.61. The van der Waals surface area contributed by atoms with Crippen molar-refractivity contribution in [3.63, 3.8) is 0 Å². The second-order valence-electron chi connectivity index (χ2n) is 4.98. The van der Waals surface area contributed by atoms with Gasteiger partial charge in [0.1, 0.15) is 0 Å². The number of halogens is 2. The minimum atomic E-state index is 0.379. The average Bonchev–Trinajstić information content (AvgIpc) is 2.73. The van der Waals surface area contributed by atoms with Gasteiger partial charge in [-0.3, -0.25) is 4.68 Å². The first-order valence-electron chi connectivity index (χ1n) is 5.89. The fourth-order valence-corrected chi connectivity index (χ4v) is 3.51. The number of hydrogen-bond donors (Lipinski definition) is 0. The van der Waals surface area contributed by atoms with Crippen LogP contribution >= 0.6 is 27.5 Å². The lowest BCUT2D eigenvalue weighted by Gasteiger charge is -2.21. The van der Waals surface area contributed by atoms with E-state index in [1.807, 2.05) is 0 Å². The van der Waals surface area contributed by atoms with Crippen molar-refractivity contribution in [1.82, 2.24) is 9.78 Å². The Morgan fingerprint density at radius 3 is 2.69 bits per heavy atom. The lowest BCUT2D eigenvalue weighted by atomic mass is 9.94. The van der Waals surface area contributed by atoms with Crippen LogP contribution in [0, 0.1) is 5.92 Å². The molecule has 1 fully saturated rings. The molecule has 0 aliphatic heterocycles. The minimum Gasteiger partial charge on any atom is -0.265 e. The maximum atomic E-state index is 6.28. The van der Waals surface area contributed by atoms with E-state index in [0.717, 1.165) is 5.02 Å². The number of aromatic nitrogens is 2. The molecule has 3 atom stereocenters. The zero-order valence-corrected chi connectivity index (χ0v) is 12.3. The highest BCUT2D eigenvalue weighted by Gasteiger charge is 2.35. The van der Waals surface area contributed by atoms with Crippen LogP contribution in [0.2, 0.25) is 5.02 Å². The summed E-state index contributed by atoms with van der Waals surface area (Å²) >= 11 is 10.0. The van der Waals surface area contributed by atoms with Gasteiger partial charge in [-0.1, -0.05) is 34.5 Å². The van der Waals surface area contributed by atoms with Gasteiger partial charge < -0.3 is 0 Å². The second-order valence-corrected chi connectivity index (χ2v) is 6.56. The van der Waals surface area contributed by atoms with E-state index in [0.29, 0.717) is 22.7 Å². The van der Waals surface area contributed by atoms with Crippen LogP contribution in [0.4, 0.5) is 0 Å². The average molecular weight is 306 g/mol. The maximum Gasteiger partial charge on any atom is 0.0820 e. The van der Waals surface area contributed by atoms with E-state index in [-0.39, 0.29) is 0 Å². The summed E-state index contributed by atoms with van der Waals surface area (Å²) in [5, 5.41) is 5.21. The zero-order valence-electron chi connectivity index (χ0n) is 9.95. The van der Waals surface area contributed by atoms with E-state index in [2.05, 4.69) is 46.5 Å². The lowest BCUT2D eigenvalue weighted by Crippen LogP contribution is -2.16. The summed E-state index contributed by atoms with van der Waals surface area (Å²) in [6, 6.07) is 0.379. The van der Waals surface area contributed by atoms with Crippen LogP contribution in [0.1, 0.15) is 51.3 Å². The molecular weight excluding hydrogens is 288 g/mol. The van der Waals surface area contributed by atoms with Gasteiger partial charge in [-0.15, -0.1) is 0 Å². The summed E-state index contributed by atoms with van der Waals surface area (Å²) in [4.78, 5) is 0.615. The molecule has 1 aromatic rings. The Hall–Kier alpha value is -0.0200. The van der Waals surface area contributed by atoms with E-state index in [9.17, 15) is 0 Å². The van der Waals surface area contributed by atoms with E-state index in [1.165, 1.54) is 18.5 Å². The van der Waals surface area contributed by atoms with Gasteiger partial charge >= 0.3 is 0 Å². The minimum absolute atomic E-state index is 0.379. The molecule has 1 heterocycles. The van der Waals surface area contributed by atoms with Crippen molar-refractivity contribution < 1.29 is 0 Å². The van der Waals surface area contributed by atoms with Gasteiger partial charge in [0.2, 0.25) is 0 Å². The Labute approximate surface area is 110 Å². The largest absolute Gasteiger partial charge is 0.265 e. The Kier molecular flexibility index (Phi) is 3.65. The molecule has 90 valence electrons. The van der Waals surface area contributed by atoms with Crippen molar-refractivity contribution in [2.24, 2.45) is 5.92 Å². The molecule has 0 N–H and O–H groups in total. The molecule has 0 amide bonds. The van der Waals surface area contributed by atoms with Crippen molar-refractivity contribution in [3.8, 4) is 0 Å². The Balaban J connectivity index is 2.36. The van der Waals surface area contributed by atoms with Crippen molar-refractivity contribution >= 4 is 27.5 Å². The monoisotopic (exact) mass is 304 g/mol. The van der Waals surface area contributed by atoms with E-state index >= 15 is 0 Å². The highest BCUT2D eigenvalue weighted by molar-refractivity contribution is 9.09. The van der Waals surface area contributed by atoms with Crippen LogP contribution < -0.4 is 0 Å². The topological polar surface area (TPSA) is 17.8 Å². The molecule has 2 nitrogen and oxygen atoms in total. The van der Waals surface area contributed by atoms with Gasteiger partial charge in [-0.05, 0) is 32.6 Å². The van der Waals surface area contributed by atoms with Crippen LogP contribution in [-0.4, -0.2) is 14.6 Å². The highest BCUT2D eigenvalue weighted by atomic mass is 79.9. The fraction of sp³-hybridized carbons (Fsp3) is 0.750. The van der Waals surface area contributed by atoms with Gasteiger partial charge in [0.05, 0.1) is 16.9 Å². The van der Waals surface area contributed by atoms with E-state index in [1.54, 1.807) is 6.20 Å². The lowest BCUT2D eigenvalue weighted by molar-refractivity contribution is 0.449. The quantitative estimate of drug-likeness (QED) is 0.741. The molecule has 3 unspecified atom stereocenters. The van der Waals surface area contributed by atoms with Crippen molar-refractivity contribution in [2.75, 3.05) is 0 Å². The number of alkyl halides is 1. The Bertz CT molecular complexity index is 375. The molecule has 0 saturated heterocycles. The molecule has 2 rings (SSSR count). The summed E-state index contributed by atoms with van der Waals surface area (Å²) in [7, 11) is 0. The second kappa shape index (κ2) is 4.69. The van der Waals surface area contributed by atoms with E-state index in [4.69, 9.17) is 11.6 Å². The standard InChI is InChI=1S/C12H18BrClN2/c1-7(2)16-12(11(14)6-15-16)9-4-5-10(13)8(9)3/h6-10H,4-5H2,1-3H3. The Morgan fingerprint density at radius 2 is 2.19 bits per heavy atom. The molecule has 0 spiro atoms. The first-order chi connectivity index (χ1) is 7.52. The predicted molar refractivity (Wildman–Crippen MR) is 71.5 cm³/mol. The van der Waals surface area contributed by atoms with Crippen molar-refractivity contribution in [3.05, 3.63) is 16.9 Å². The highest BCUT2D eigenvalue weighted by Crippen LogP contribution is 2.45. The summed E-state index contributed by atoms with van der Waals surface area (Å²) < 4.78 is 2.08. The van der Waals surface area contributed by atoms with E-state index < -0.39 is 0 Å². The summed E-state index contributed by atoms with van der Waals surface area (Å²) in [6.45, 7) is 6.60. The summed E-state index contributed by atoms with van der Waals surface area (Å²) in [5.74, 6) is 1.17. The predicted octanol–water partition coefficient (Wildman–Crippen LogP) is 4.39. The van der Waals surface area contributed by atoms with Crippen LogP contribution in [0.3, 0.4) is 0 Å². The molecule has 16 heavy (non-hydrogen) atoms. The molecule has 0 aromatic carbocycles. The van der Waals surface area contributed by atoms with Crippen LogP contribution in [0.25, 0.3) is 0 Å². The molecule has 0 radical (unpaired) electrons. The molecule has 0 bridgehead atoms. The Morgan fingerprint density at radius 1 is 1.50 bits per heavy atom. The molecule has 1 aliphatic carbocycles. The van der Waals surface area contributed by atoms with Gasteiger partial charge in [0, 0.05) is 16.8 Å². The SMILES string of the molecule is CC1C(Br)CCC1c1c(Cl)cnn1C(C)C. The third-order valence-corrected chi connectivity index (χ3v) is 5.17. The normalized spacial score (nSPS) is 30.2. The molecule has 1 saturated carbocycles.